The predicted molar refractivity (Wildman–Crippen MR) is 48.9 cm³/mol. The summed E-state index contributed by atoms with van der Waals surface area (Å²) in [5.74, 6) is 0.897. The SMILES string of the molecule is C[C@]12C[C@H](C[N+](C)(C)C)C[C@H]1O2. The lowest BCUT2D eigenvalue weighted by molar-refractivity contribution is -0.873. The van der Waals surface area contributed by atoms with Gasteiger partial charge in [-0.1, -0.05) is 0 Å². The molecule has 0 amide bonds. The molecule has 1 saturated heterocycles. The number of hydrogen-bond donors (Lipinski definition) is 0. The lowest BCUT2D eigenvalue weighted by Gasteiger charge is -2.28. The number of fused-ring (bicyclic) bond motifs is 1. The van der Waals surface area contributed by atoms with E-state index >= 15 is 0 Å². The van der Waals surface area contributed by atoms with Gasteiger partial charge in [0.15, 0.2) is 0 Å². The van der Waals surface area contributed by atoms with Gasteiger partial charge in [-0.25, -0.2) is 0 Å². The molecule has 70 valence electrons. The molecule has 0 radical (unpaired) electrons. The fraction of sp³-hybridized carbons (Fsp3) is 1.00. The second-order valence-electron chi connectivity index (χ2n) is 5.70. The zero-order chi connectivity index (χ0) is 8.98. The molecule has 2 rings (SSSR count). The quantitative estimate of drug-likeness (QED) is 0.449. The lowest BCUT2D eigenvalue weighted by atomic mass is 10.0. The van der Waals surface area contributed by atoms with Crippen LogP contribution in [0.15, 0.2) is 0 Å². The van der Waals surface area contributed by atoms with Gasteiger partial charge in [0.2, 0.25) is 0 Å². The number of epoxide rings is 1. The Labute approximate surface area is 75.1 Å². The van der Waals surface area contributed by atoms with Crippen molar-refractivity contribution in [1.82, 2.24) is 0 Å². The van der Waals surface area contributed by atoms with Crippen LogP contribution in [0.2, 0.25) is 0 Å². The predicted octanol–water partition coefficient (Wildman–Crippen LogP) is 1.26. The van der Waals surface area contributed by atoms with Crippen LogP contribution >= 0.6 is 0 Å². The molecule has 0 bridgehead atoms. The van der Waals surface area contributed by atoms with Gasteiger partial charge in [-0.2, -0.15) is 0 Å². The average molecular weight is 170 g/mol. The van der Waals surface area contributed by atoms with E-state index in [9.17, 15) is 0 Å². The van der Waals surface area contributed by atoms with Gasteiger partial charge in [-0.05, 0) is 19.8 Å². The van der Waals surface area contributed by atoms with Crippen molar-refractivity contribution in [2.75, 3.05) is 27.7 Å². The maximum atomic E-state index is 5.58. The van der Waals surface area contributed by atoms with Crippen molar-refractivity contribution in [3.8, 4) is 0 Å². The van der Waals surface area contributed by atoms with Gasteiger partial charge in [-0.3, -0.25) is 0 Å². The van der Waals surface area contributed by atoms with E-state index in [1.54, 1.807) is 0 Å². The van der Waals surface area contributed by atoms with Crippen molar-refractivity contribution in [2.45, 2.75) is 31.5 Å². The number of quaternary nitrogens is 1. The number of rotatable bonds is 2. The molecule has 0 N–H and O–H groups in total. The largest absolute Gasteiger partial charge is 0.366 e. The molecule has 1 aliphatic carbocycles. The molecule has 0 aromatic heterocycles. The van der Waals surface area contributed by atoms with E-state index < -0.39 is 0 Å². The number of hydrogen-bond acceptors (Lipinski definition) is 1. The Morgan fingerprint density at radius 1 is 1.42 bits per heavy atom. The highest BCUT2D eigenvalue weighted by atomic mass is 16.6. The van der Waals surface area contributed by atoms with Crippen molar-refractivity contribution in [3.05, 3.63) is 0 Å². The van der Waals surface area contributed by atoms with Gasteiger partial charge in [-0.15, -0.1) is 0 Å². The summed E-state index contributed by atoms with van der Waals surface area (Å²) in [6.45, 7) is 3.56. The molecule has 1 heterocycles. The molecule has 12 heavy (non-hydrogen) atoms. The molecule has 1 aliphatic heterocycles. The summed E-state index contributed by atoms with van der Waals surface area (Å²) >= 11 is 0. The Kier molecular flexibility index (Phi) is 1.59. The first-order valence-corrected chi connectivity index (χ1v) is 4.87. The summed E-state index contributed by atoms with van der Waals surface area (Å²) < 4.78 is 6.67. The minimum Gasteiger partial charge on any atom is -0.366 e. The highest BCUT2D eigenvalue weighted by molar-refractivity contribution is 5.06. The van der Waals surface area contributed by atoms with Crippen molar-refractivity contribution < 1.29 is 9.22 Å². The van der Waals surface area contributed by atoms with Gasteiger partial charge in [0.25, 0.3) is 0 Å². The van der Waals surface area contributed by atoms with Crippen LogP contribution in [0.4, 0.5) is 0 Å². The molecule has 0 spiro atoms. The van der Waals surface area contributed by atoms with E-state index in [1.165, 1.54) is 19.4 Å². The molecule has 3 atom stereocenters. The maximum absolute atomic E-state index is 5.58. The fourth-order valence-electron chi connectivity index (χ4n) is 2.64. The van der Waals surface area contributed by atoms with Crippen LogP contribution in [0.1, 0.15) is 19.8 Å². The van der Waals surface area contributed by atoms with Crippen molar-refractivity contribution in [3.63, 3.8) is 0 Å². The van der Waals surface area contributed by atoms with Crippen LogP contribution in [0.25, 0.3) is 0 Å². The third kappa shape index (κ3) is 1.50. The van der Waals surface area contributed by atoms with Crippen LogP contribution in [0.3, 0.4) is 0 Å². The maximum Gasteiger partial charge on any atom is 0.0925 e. The molecule has 1 saturated carbocycles. The average Bonchev–Trinajstić information content (AvgIpc) is 2.27. The first kappa shape index (κ1) is 8.52. The number of ether oxygens (including phenoxy) is 1. The zero-order valence-corrected chi connectivity index (χ0v) is 8.63. The molecular weight excluding hydrogens is 150 g/mol. The Balaban J connectivity index is 1.86. The summed E-state index contributed by atoms with van der Waals surface area (Å²) in [5, 5.41) is 0. The Bertz CT molecular complexity index is 197. The summed E-state index contributed by atoms with van der Waals surface area (Å²) in [6.07, 6.45) is 3.19. The highest BCUT2D eigenvalue weighted by Crippen LogP contribution is 2.52. The zero-order valence-electron chi connectivity index (χ0n) is 8.63. The molecular formula is C10H20NO+. The smallest absolute Gasteiger partial charge is 0.0925 e. The van der Waals surface area contributed by atoms with Crippen molar-refractivity contribution >= 4 is 0 Å². The van der Waals surface area contributed by atoms with E-state index in [-0.39, 0.29) is 0 Å². The van der Waals surface area contributed by atoms with Gasteiger partial charge in [0.1, 0.15) is 0 Å². The van der Waals surface area contributed by atoms with E-state index in [1.807, 2.05) is 0 Å². The molecule has 2 heteroatoms. The van der Waals surface area contributed by atoms with E-state index in [2.05, 4.69) is 28.1 Å². The minimum absolute atomic E-state index is 0.292. The van der Waals surface area contributed by atoms with Gasteiger partial charge in [0.05, 0.1) is 39.4 Å². The van der Waals surface area contributed by atoms with Crippen LogP contribution in [-0.4, -0.2) is 43.9 Å². The Morgan fingerprint density at radius 3 is 2.50 bits per heavy atom. The fourth-order valence-corrected chi connectivity index (χ4v) is 2.64. The van der Waals surface area contributed by atoms with Crippen LogP contribution in [-0.2, 0) is 4.74 Å². The Morgan fingerprint density at radius 2 is 2.08 bits per heavy atom. The highest BCUT2D eigenvalue weighted by Gasteiger charge is 2.59. The summed E-state index contributed by atoms with van der Waals surface area (Å²) in [6, 6.07) is 0. The molecule has 0 aromatic rings. The van der Waals surface area contributed by atoms with Crippen LogP contribution in [0.5, 0.6) is 0 Å². The van der Waals surface area contributed by atoms with Crippen molar-refractivity contribution in [2.24, 2.45) is 5.92 Å². The molecule has 2 nitrogen and oxygen atoms in total. The van der Waals surface area contributed by atoms with E-state index in [0.29, 0.717) is 11.7 Å². The standard InChI is InChI=1S/C10H20NO/c1-10-6-8(5-9(10)12-10)7-11(2,3)4/h8-9H,5-7H2,1-4H3/q+1/t8-,9-,10+/m1/s1. The van der Waals surface area contributed by atoms with Crippen molar-refractivity contribution in [1.29, 1.82) is 0 Å². The van der Waals surface area contributed by atoms with Gasteiger partial charge < -0.3 is 9.22 Å². The molecule has 0 unspecified atom stereocenters. The molecule has 2 fully saturated rings. The van der Waals surface area contributed by atoms with Crippen LogP contribution < -0.4 is 0 Å². The summed E-state index contributed by atoms with van der Waals surface area (Å²) in [5.41, 5.74) is 0.292. The normalized spacial score (nSPS) is 46.0. The van der Waals surface area contributed by atoms with Gasteiger partial charge >= 0.3 is 0 Å². The number of nitrogens with zero attached hydrogens (tertiary/aromatic N) is 1. The molecule has 0 aromatic carbocycles. The second kappa shape index (κ2) is 2.24. The van der Waals surface area contributed by atoms with Crippen LogP contribution in [0, 0.1) is 5.92 Å². The molecule has 2 aliphatic rings. The summed E-state index contributed by atoms with van der Waals surface area (Å²) in [7, 11) is 6.81. The first-order valence-electron chi connectivity index (χ1n) is 4.87. The monoisotopic (exact) mass is 170 g/mol. The Hall–Kier alpha value is -0.0800. The first-order chi connectivity index (χ1) is 5.39. The van der Waals surface area contributed by atoms with E-state index in [0.717, 1.165) is 10.4 Å². The third-order valence-electron chi connectivity index (χ3n) is 3.08. The second-order valence-corrected chi connectivity index (χ2v) is 5.70. The minimum atomic E-state index is 0.292. The summed E-state index contributed by atoms with van der Waals surface area (Å²) in [4.78, 5) is 0. The van der Waals surface area contributed by atoms with Gasteiger partial charge in [0, 0.05) is 5.92 Å². The third-order valence-corrected chi connectivity index (χ3v) is 3.08. The lowest BCUT2D eigenvalue weighted by Crippen LogP contribution is -2.39. The van der Waals surface area contributed by atoms with E-state index in [4.69, 9.17) is 4.74 Å². The topological polar surface area (TPSA) is 12.5 Å².